The molecule has 76 valence electrons. The molecule has 1 aromatic rings. The minimum atomic E-state index is 0.598. The van der Waals surface area contributed by atoms with E-state index in [0.29, 0.717) is 6.04 Å². The van der Waals surface area contributed by atoms with Crippen LogP contribution in [0.5, 0.6) is 5.75 Å². The first-order valence-corrected chi connectivity index (χ1v) is 5.27. The van der Waals surface area contributed by atoms with E-state index in [1.807, 2.05) is 6.92 Å². The zero-order chi connectivity index (χ0) is 9.97. The van der Waals surface area contributed by atoms with Gasteiger partial charge in [0.25, 0.3) is 0 Å². The van der Waals surface area contributed by atoms with Gasteiger partial charge in [-0.2, -0.15) is 0 Å². The first kappa shape index (κ1) is 9.53. The van der Waals surface area contributed by atoms with Gasteiger partial charge in [0.15, 0.2) is 0 Å². The molecule has 0 aliphatic carbocycles. The SMILES string of the molecule is CCOc1ccc2c(c1)CNC(C)C2. The Bertz CT molecular complexity index is 322. The second-order valence-electron chi connectivity index (χ2n) is 3.85. The van der Waals surface area contributed by atoms with Crippen LogP contribution in [0.1, 0.15) is 25.0 Å². The second-order valence-corrected chi connectivity index (χ2v) is 3.85. The average Bonchev–Trinajstić information content (AvgIpc) is 2.19. The van der Waals surface area contributed by atoms with Crippen molar-refractivity contribution in [2.75, 3.05) is 6.61 Å². The molecule has 2 heteroatoms. The zero-order valence-corrected chi connectivity index (χ0v) is 8.84. The first-order chi connectivity index (χ1) is 6.79. The van der Waals surface area contributed by atoms with Crippen molar-refractivity contribution in [3.05, 3.63) is 29.3 Å². The van der Waals surface area contributed by atoms with Gasteiger partial charge in [-0.25, -0.2) is 0 Å². The van der Waals surface area contributed by atoms with Crippen LogP contribution in [0.2, 0.25) is 0 Å². The molecule has 0 amide bonds. The molecular weight excluding hydrogens is 174 g/mol. The summed E-state index contributed by atoms with van der Waals surface area (Å²) in [5, 5.41) is 3.45. The minimum absolute atomic E-state index is 0.598. The van der Waals surface area contributed by atoms with Gasteiger partial charge in [-0.3, -0.25) is 0 Å². The van der Waals surface area contributed by atoms with Crippen molar-refractivity contribution in [2.45, 2.75) is 32.9 Å². The Labute approximate surface area is 85.3 Å². The van der Waals surface area contributed by atoms with Crippen molar-refractivity contribution < 1.29 is 4.74 Å². The topological polar surface area (TPSA) is 21.3 Å². The van der Waals surface area contributed by atoms with Crippen molar-refractivity contribution in [1.82, 2.24) is 5.32 Å². The average molecular weight is 191 g/mol. The molecule has 0 saturated heterocycles. The van der Waals surface area contributed by atoms with Gasteiger partial charge in [-0.05, 0) is 43.5 Å². The summed E-state index contributed by atoms with van der Waals surface area (Å²) >= 11 is 0. The van der Waals surface area contributed by atoms with Gasteiger partial charge < -0.3 is 10.1 Å². The third kappa shape index (κ3) is 1.90. The van der Waals surface area contributed by atoms with E-state index in [0.717, 1.165) is 25.3 Å². The molecule has 1 unspecified atom stereocenters. The summed E-state index contributed by atoms with van der Waals surface area (Å²) in [5.74, 6) is 0.989. The number of fused-ring (bicyclic) bond motifs is 1. The molecule has 0 saturated carbocycles. The molecule has 0 aromatic heterocycles. The van der Waals surface area contributed by atoms with Crippen LogP contribution in [0.4, 0.5) is 0 Å². The molecule has 0 fully saturated rings. The van der Waals surface area contributed by atoms with Crippen LogP contribution in [0, 0.1) is 0 Å². The third-order valence-electron chi connectivity index (χ3n) is 2.66. The van der Waals surface area contributed by atoms with Crippen molar-refractivity contribution in [3.63, 3.8) is 0 Å². The fraction of sp³-hybridized carbons (Fsp3) is 0.500. The maximum atomic E-state index is 5.47. The Morgan fingerprint density at radius 1 is 1.43 bits per heavy atom. The fourth-order valence-electron chi connectivity index (χ4n) is 1.91. The summed E-state index contributed by atoms with van der Waals surface area (Å²) in [5.41, 5.74) is 2.84. The zero-order valence-electron chi connectivity index (χ0n) is 8.84. The first-order valence-electron chi connectivity index (χ1n) is 5.27. The van der Waals surface area contributed by atoms with Gasteiger partial charge in [0.2, 0.25) is 0 Å². The van der Waals surface area contributed by atoms with Crippen LogP contribution < -0.4 is 10.1 Å². The van der Waals surface area contributed by atoms with E-state index in [-0.39, 0.29) is 0 Å². The van der Waals surface area contributed by atoms with Gasteiger partial charge in [0.05, 0.1) is 6.61 Å². The van der Waals surface area contributed by atoms with E-state index in [1.165, 1.54) is 11.1 Å². The molecule has 2 rings (SSSR count). The fourth-order valence-corrected chi connectivity index (χ4v) is 1.91. The van der Waals surface area contributed by atoms with Crippen LogP contribution in [-0.4, -0.2) is 12.6 Å². The molecular formula is C12H17NO. The smallest absolute Gasteiger partial charge is 0.119 e. The molecule has 1 heterocycles. The van der Waals surface area contributed by atoms with E-state index < -0.39 is 0 Å². The summed E-state index contributed by atoms with van der Waals surface area (Å²) < 4.78 is 5.47. The Hall–Kier alpha value is -1.02. The molecule has 0 spiro atoms. The van der Waals surface area contributed by atoms with E-state index >= 15 is 0 Å². The number of hydrogen-bond donors (Lipinski definition) is 1. The predicted octanol–water partition coefficient (Wildman–Crippen LogP) is 2.12. The normalized spacial score (nSPS) is 20.3. The summed E-state index contributed by atoms with van der Waals surface area (Å²) in [6, 6.07) is 7.01. The maximum Gasteiger partial charge on any atom is 0.119 e. The quantitative estimate of drug-likeness (QED) is 0.773. The molecule has 0 radical (unpaired) electrons. The largest absolute Gasteiger partial charge is 0.494 e. The van der Waals surface area contributed by atoms with Crippen molar-refractivity contribution in [1.29, 1.82) is 0 Å². The lowest BCUT2D eigenvalue weighted by atomic mass is 9.96. The Balaban J connectivity index is 2.22. The van der Waals surface area contributed by atoms with Crippen LogP contribution in [0.25, 0.3) is 0 Å². The summed E-state index contributed by atoms with van der Waals surface area (Å²) in [6.45, 7) is 5.94. The Morgan fingerprint density at radius 3 is 3.07 bits per heavy atom. The van der Waals surface area contributed by atoms with Gasteiger partial charge >= 0.3 is 0 Å². The van der Waals surface area contributed by atoms with E-state index in [9.17, 15) is 0 Å². The lowest BCUT2D eigenvalue weighted by Gasteiger charge is -2.23. The number of hydrogen-bond acceptors (Lipinski definition) is 2. The predicted molar refractivity (Wildman–Crippen MR) is 57.6 cm³/mol. The van der Waals surface area contributed by atoms with Gasteiger partial charge in [0, 0.05) is 12.6 Å². The van der Waals surface area contributed by atoms with Crippen molar-refractivity contribution in [3.8, 4) is 5.75 Å². The highest BCUT2D eigenvalue weighted by Crippen LogP contribution is 2.22. The van der Waals surface area contributed by atoms with E-state index in [1.54, 1.807) is 0 Å². The van der Waals surface area contributed by atoms with Crippen LogP contribution in [-0.2, 0) is 13.0 Å². The summed E-state index contributed by atoms with van der Waals surface area (Å²) in [6.07, 6.45) is 1.13. The molecule has 1 aliphatic rings. The number of ether oxygens (including phenoxy) is 1. The number of rotatable bonds is 2. The highest BCUT2D eigenvalue weighted by atomic mass is 16.5. The summed E-state index contributed by atoms with van der Waals surface area (Å²) in [7, 11) is 0. The third-order valence-corrected chi connectivity index (χ3v) is 2.66. The maximum absolute atomic E-state index is 5.47. The lowest BCUT2D eigenvalue weighted by Crippen LogP contribution is -2.32. The molecule has 1 aromatic carbocycles. The molecule has 2 nitrogen and oxygen atoms in total. The van der Waals surface area contributed by atoms with Gasteiger partial charge in [0.1, 0.15) is 5.75 Å². The molecule has 14 heavy (non-hydrogen) atoms. The van der Waals surface area contributed by atoms with Gasteiger partial charge in [-0.15, -0.1) is 0 Å². The molecule has 0 bridgehead atoms. The Morgan fingerprint density at radius 2 is 2.29 bits per heavy atom. The number of nitrogens with one attached hydrogen (secondary N) is 1. The molecule has 1 aliphatic heterocycles. The van der Waals surface area contributed by atoms with E-state index in [2.05, 4.69) is 30.4 Å². The van der Waals surface area contributed by atoms with Crippen LogP contribution in [0.15, 0.2) is 18.2 Å². The lowest BCUT2D eigenvalue weighted by molar-refractivity contribution is 0.339. The highest BCUT2D eigenvalue weighted by Gasteiger charge is 2.14. The monoisotopic (exact) mass is 191 g/mol. The van der Waals surface area contributed by atoms with Crippen molar-refractivity contribution in [2.24, 2.45) is 0 Å². The molecule has 1 N–H and O–H groups in total. The Kier molecular flexibility index (Phi) is 2.73. The van der Waals surface area contributed by atoms with Crippen LogP contribution >= 0.6 is 0 Å². The summed E-state index contributed by atoms with van der Waals surface area (Å²) in [4.78, 5) is 0. The standard InChI is InChI=1S/C12H17NO/c1-3-14-12-5-4-10-6-9(2)13-8-11(10)7-12/h4-5,7,9,13H,3,6,8H2,1-2H3. The second kappa shape index (κ2) is 4.01. The highest BCUT2D eigenvalue weighted by molar-refractivity contribution is 5.37. The van der Waals surface area contributed by atoms with Gasteiger partial charge in [-0.1, -0.05) is 6.07 Å². The van der Waals surface area contributed by atoms with Crippen LogP contribution in [0.3, 0.4) is 0 Å². The minimum Gasteiger partial charge on any atom is -0.494 e. The van der Waals surface area contributed by atoms with E-state index in [4.69, 9.17) is 4.74 Å². The van der Waals surface area contributed by atoms with Crippen molar-refractivity contribution >= 4 is 0 Å². The molecule has 1 atom stereocenters. The number of benzene rings is 1.